The highest BCUT2D eigenvalue weighted by molar-refractivity contribution is 5.91. The van der Waals surface area contributed by atoms with E-state index >= 15 is 0 Å². The van der Waals surface area contributed by atoms with Crippen LogP contribution < -0.4 is 0 Å². The molecule has 0 radical (unpaired) electrons. The molecule has 23 heavy (non-hydrogen) atoms. The van der Waals surface area contributed by atoms with Crippen molar-refractivity contribution in [2.75, 3.05) is 0 Å². The second-order valence-electron chi connectivity index (χ2n) is 9.24. The van der Waals surface area contributed by atoms with Gasteiger partial charge in [0.05, 0.1) is 6.10 Å². The lowest BCUT2D eigenvalue weighted by molar-refractivity contribution is -0.119. The molecule has 4 aliphatic rings. The van der Waals surface area contributed by atoms with Crippen molar-refractivity contribution in [2.24, 2.45) is 40.9 Å². The highest BCUT2D eigenvalue weighted by atomic mass is 16.3. The lowest BCUT2D eigenvalue weighted by atomic mass is 9.46. The Kier molecular flexibility index (Phi) is 3.75. The molecule has 4 aliphatic carbocycles. The van der Waals surface area contributed by atoms with Crippen LogP contribution in [0, 0.1) is 40.9 Å². The van der Waals surface area contributed by atoms with E-state index in [0.717, 1.165) is 37.5 Å². The standard InChI is InChI=1S/C21H32O2/c1-4-13-9-14-10-15(22)5-6-16(14)19-12(2)11-21(3)17(20(13)19)7-8-18(21)23/h10,12-13,16-20,23H,4-9,11H2,1-3H3/t12-,13+,16-,17-,18-,19+,20-,21-/m0/s1. The van der Waals surface area contributed by atoms with Gasteiger partial charge in [0, 0.05) is 6.42 Å². The molecule has 0 saturated heterocycles. The molecule has 3 fully saturated rings. The Morgan fingerprint density at radius 3 is 2.78 bits per heavy atom. The molecule has 2 nitrogen and oxygen atoms in total. The first-order chi connectivity index (χ1) is 11.0. The van der Waals surface area contributed by atoms with E-state index in [2.05, 4.69) is 20.8 Å². The summed E-state index contributed by atoms with van der Waals surface area (Å²) in [7, 11) is 0. The predicted octanol–water partition coefficient (Wildman–Crippen LogP) is 4.37. The quantitative estimate of drug-likeness (QED) is 0.780. The van der Waals surface area contributed by atoms with Crippen LogP contribution in [0.25, 0.3) is 0 Å². The van der Waals surface area contributed by atoms with Gasteiger partial charge in [-0.15, -0.1) is 0 Å². The lowest BCUT2D eigenvalue weighted by Gasteiger charge is -2.58. The minimum absolute atomic E-state index is 0.0988. The van der Waals surface area contributed by atoms with E-state index in [1.54, 1.807) is 0 Å². The van der Waals surface area contributed by atoms with Gasteiger partial charge in [0.15, 0.2) is 5.78 Å². The average molecular weight is 316 g/mol. The van der Waals surface area contributed by atoms with Crippen molar-refractivity contribution in [1.82, 2.24) is 0 Å². The van der Waals surface area contributed by atoms with Crippen LogP contribution >= 0.6 is 0 Å². The first-order valence-electron chi connectivity index (χ1n) is 9.87. The Balaban J connectivity index is 1.75. The van der Waals surface area contributed by atoms with Gasteiger partial charge in [0.2, 0.25) is 0 Å². The second kappa shape index (κ2) is 5.44. The molecule has 1 N–H and O–H groups in total. The molecule has 128 valence electrons. The molecule has 0 aliphatic heterocycles. The molecule has 8 atom stereocenters. The predicted molar refractivity (Wildman–Crippen MR) is 91.8 cm³/mol. The molecule has 0 aromatic rings. The molecular formula is C21H32O2. The van der Waals surface area contributed by atoms with Crippen LogP contribution in [0.15, 0.2) is 11.6 Å². The van der Waals surface area contributed by atoms with Gasteiger partial charge in [-0.05, 0) is 79.1 Å². The summed E-state index contributed by atoms with van der Waals surface area (Å²) in [5.41, 5.74) is 1.61. The summed E-state index contributed by atoms with van der Waals surface area (Å²) in [6, 6.07) is 0. The van der Waals surface area contributed by atoms with Crippen LogP contribution in [0.4, 0.5) is 0 Å². The summed E-state index contributed by atoms with van der Waals surface area (Å²) in [5, 5.41) is 10.7. The van der Waals surface area contributed by atoms with Gasteiger partial charge in [-0.25, -0.2) is 0 Å². The van der Waals surface area contributed by atoms with E-state index in [0.29, 0.717) is 29.5 Å². The largest absolute Gasteiger partial charge is 0.393 e. The smallest absolute Gasteiger partial charge is 0.155 e. The zero-order chi connectivity index (χ0) is 16.4. The first-order valence-corrected chi connectivity index (χ1v) is 9.87. The Bertz CT molecular complexity index is 536. The molecule has 0 bridgehead atoms. The lowest BCUT2D eigenvalue weighted by Crippen LogP contribution is -2.53. The number of carbonyl (C=O) groups is 1. The van der Waals surface area contributed by atoms with Crippen LogP contribution in [-0.2, 0) is 4.79 Å². The molecule has 0 unspecified atom stereocenters. The molecular weight excluding hydrogens is 284 g/mol. The van der Waals surface area contributed by atoms with E-state index in [1.165, 1.54) is 24.8 Å². The minimum Gasteiger partial charge on any atom is -0.393 e. The van der Waals surface area contributed by atoms with Gasteiger partial charge in [-0.2, -0.15) is 0 Å². The summed E-state index contributed by atoms with van der Waals surface area (Å²) in [6.45, 7) is 7.12. The molecule has 0 heterocycles. The zero-order valence-electron chi connectivity index (χ0n) is 14.9. The van der Waals surface area contributed by atoms with Crippen molar-refractivity contribution in [2.45, 2.75) is 71.8 Å². The third kappa shape index (κ3) is 2.20. The van der Waals surface area contributed by atoms with E-state index in [1.807, 2.05) is 6.08 Å². The number of ketones is 1. The molecule has 4 rings (SSSR count). The average Bonchev–Trinajstić information content (AvgIpc) is 2.81. The summed E-state index contributed by atoms with van der Waals surface area (Å²) in [5.74, 6) is 4.60. The van der Waals surface area contributed by atoms with Crippen molar-refractivity contribution >= 4 is 5.78 Å². The number of allylic oxidation sites excluding steroid dienone is 1. The Hall–Kier alpha value is -0.630. The molecule has 0 amide bonds. The van der Waals surface area contributed by atoms with Crippen LogP contribution in [0.1, 0.15) is 65.7 Å². The second-order valence-corrected chi connectivity index (χ2v) is 9.24. The summed E-state index contributed by atoms with van der Waals surface area (Å²) >= 11 is 0. The Morgan fingerprint density at radius 2 is 2.04 bits per heavy atom. The van der Waals surface area contributed by atoms with Gasteiger partial charge in [-0.3, -0.25) is 4.79 Å². The number of hydrogen-bond donors (Lipinski definition) is 1. The van der Waals surface area contributed by atoms with Gasteiger partial charge in [-0.1, -0.05) is 32.8 Å². The first kappa shape index (κ1) is 15.9. The van der Waals surface area contributed by atoms with Crippen molar-refractivity contribution in [3.63, 3.8) is 0 Å². The number of carbonyl (C=O) groups excluding carboxylic acids is 1. The fraction of sp³-hybridized carbons (Fsp3) is 0.857. The molecule has 0 spiro atoms. The maximum absolute atomic E-state index is 11.9. The third-order valence-corrected chi connectivity index (χ3v) is 8.24. The van der Waals surface area contributed by atoms with Crippen molar-refractivity contribution in [3.8, 4) is 0 Å². The van der Waals surface area contributed by atoms with Gasteiger partial charge in [0.25, 0.3) is 0 Å². The number of fused-ring (bicyclic) bond motifs is 5. The van der Waals surface area contributed by atoms with Gasteiger partial charge in [0.1, 0.15) is 0 Å². The maximum Gasteiger partial charge on any atom is 0.155 e. The number of hydrogen-bond acceptors (Lipinski definition) is 2. The summed E-state index contributed by atoms with van der Waals surface area (Å²) in [6.07, 6.45) is 9.50. The van der Waals surface area contributed by atoms with Gasteiger partial charge < -0.3 is 5.11 Å². The number of aliphatic hydroxyl groups is 1. The Labute approximate surface area is 140 Å². The Morgan fingerprint density at radius 1 is 1.26 bits per heavy atom. The third-order valence-electron chi connectivity index (χ3n) is 8.24. The monoisotopic (exact) mass is 316 g/mol. The molecule has 3 saturated carbocycles. The van der Waals surface area contributed by atoms with Crippen molar-refractivity contribution < 1.29 is 9.90 Å². The van der Waals surface area contributed by atoms with Crippen molar-refractivity contribution in [3.05, 3.63) is 11.6 Å². The van der Waals surface area contributed by atoms with Gasteiger partial charge >= 0.3 is 0 Å². The highest BCUT2D eigenvalue weighted by Gasteiger charge is 2.60. The van der Waals surface area contributed by atoms with Crippen LogP contribution in [0.3, 0.4) is 0 Å². The van der Waals surface area contributed by atoms with E-state index in [4.69, 9.17) is 0 Å². The van der Waals surface area contributed by atoms with Crippen LogP contribution in [0.5, 0.6) is 0 Å². The van der Waals surface area contributed by atoms with Crippen LogP contribution in [-0.4, -0.2) is 17.0 Å². The topological polar surface area (TPSA) is 37.3 Å². The summed E-state index contributed by atoms with van der Waals surface area (Å²) < 4.78 is 0. The highest BCUT2D eigenvalue weighted by Crippen LogP contribution is 2.65. The minimum atomic E-state index is -0.0988. The van der Waals surface area contributed by atoms with Crippen LogP contribution in [0.2, 0.25) is 0 Å². The molecule has 2 heteroatoms. The zero-order valence-corrected chi connectivity index (χ0v) is 14.9. The maximum atomic E-state index is 11.9. The fourth-order valence-electron chi connectivity index (χ4n) is 7.32. The molecule has 0 aromatic heterocycles. The van der Waals surface area contributed by atoms with E-state index in [9.17, 15) is 9.90 Å². The van der Waals surface area contributed by atoms with E-state index < -0.39 is 0 Å². The number of rotatable bonds is 1. The SMILES string of the molecule is CC[C@@H]1CC2=CC(=O)CC[C@@H]2[C@@H]2[C@@H]1[C@@H]1CC[C@H](O)[C@@]1(C)C[C@@H]2C. The molecule has 0 aromatic carbocycles. The summed E-state index contributed by atoms with van der Waals surface area (Å²) in [4.78, 5) is 11.9. The van der Waals surface area contributed by atoms with Crippen molar-refractivity contribution in [1.29, 1.82) is 0 Å². The fourth-order valence-corrected chi connectivity index (χ4v) is 7.32. The number of aliphatic hydroxyl groups excluding tert-OH is 1. The normalized spacial score (nSPS) is 52.4. The van der Waals surface area contributed by atoms with E-state index in [-0.39, 0.29) is 11.5 Å².